The van der Waals surface area contributed by atoms with Crippen molar-refractivity contribution in [3.63, 3.8) is 0 Å². The predicted octanol–water partition coefficient (Wildman–Crippen LogP) is 4.47. The monoisotopic (exact) mass is 303 g/mol. The van der Waals surface area contributed by atoms with Crippen LogP contribution in [0.1, 0.15) is 10.6 Å². The first kappa shape index (κ1) is 11.9. The molecule has 0 saturated heterocycles. The van der Waals surface area contributed by atoms with Gasteiger partial charge in [-0.25, -0.2) is 9.50 Å². The molecule has 0 unspecified atom stereocenters. The average Bonchev–Trinajstić information content (AvgIpc) is 3.01. The minimum atomic E-state index is 0.733. The Morgan fingerprint density at radius 2 is 2.10 bits per heavy atom. The van der Waals surface area contributed by atoms with E-state index in [0.717, 1.165) is 43.0 Å². The van der Waals surface area contributed by atoms with E-state index in [1.54, 1.807) is 15.9 Å². The second kappa shape index (κ2) is 4.07. The molecule has 0 spiro atoms. The van der Waals surface area contributed by atoms with Crippen molar-refractivity contribution >= 4 is 38.9 Å². The number of aryl methyl sites for hydroxylation is 2. The summed E-state index contributed by atoms with van der Waals surface area (Å²) in [7, 11) is 0. The second-order valence-electron chi connectivity index (χ2n) is 4.72. The zero-order valence-corrected chi connectivity index (χ0v) is 12.4. The van der Waals surface area contributed by atoms with E-state index < -0.39 is 0 Å². The van der Waals surface area contributed by atoms with Crippen molar-refractivity contribution in [3.05, 3.63) is 40.0 Å². The molecule has 0 aliphatic carbocycles. The quantitative estimate of drug-likeness (QED) is 0.521. The number of furan rings is 1. The Morgan fingerprint density at radius 3 is 2.90 bits per heavy atom. The normalized spacial score (nSPS) is 11.8. The molecule has 0 amide bonds. The fourth-order valence-electron chi connectivity index (χ4n) is 2.21. The van der Waals surface area contributed by atoms with Crippen LogP contribution >= 0.6 is 22.9 Å². The van der Waals surface area contributed by atoms with Gasteiger partial charge in [-0.15, -0.1) is 0 Å². The lowest BCUT2D eigenvalue weighted by atomic mass is 10.2. The highest BCUT2D eigenvalue weighted by Crippen LogP contribution is 2.31. The minimum absolute atomic E-state index is 0.733. The Kier molecular flexibility index (Phi) is 2.43. The molecule has 0 fully saturated rings. The van der Waals surface area contributed by atoms with Gasteiger partial charge in [-0.3, -0.25) is 0 Å². The zero-order valence-electron chi connectivity index (χ0n) is 10.8. The highest BCUT2D eigenvalue weighted by Gasteiger charge is 2.13. The minimum Gasteiger partial charge on any atom is -0.454 e. The predicted molar refractivity (Wildman–Crippen MR) is 80.6 cm³/mol. The molecule has 100 valence electrons. The van der Waals surface area contributed by atoms with Gasteiger partial charge in [0.05, 0.1) is 6.20 Å². The standard InChI is InChI=1S/C14H10ClN3OS/c1-7-3-12-9(4-10(7)15)5-13(19-12)11-6-18-14(16-11)20-8(2)17-18/h3-6H,1-2H3. The summed E-state index contributed by atoms with van der Waals surface area (Å²) in [6, 6.07) is 5.82. The van der Waals surface area contributed by atoms with Crippen molar-refractivity contribution in [3.8, 4) is 11.5 Å². The maximum Gasteiger partial charge on any atom is 0.212 e. The van der Waals surface area contributed by atoms with E-state index in [4.69, 9.17) is 16.0 Å². The maximum absolute atomic E-state index is 6.14. The maximum atomic E-state index is 6.14. The van der Waals surface area contributed by atoms with E-state index in [1.807, 2.05) is 38.2 Å². The molecule has 0 atom stereocenters. The molecule has 4 nitrogen and oxygen atoms in total. The van der Waals surface area contributed by atoms with Gasteiger partial charge in [-0.1, -0.05) is 22.9 Å². The second-order valence-corrected chi connectivity index (χ2v) is 6.29. The topological polar surface area (TPSA) is 43.3 Å². The Hall–Kier alpha value is -1.85. The summed E-state index contributed by atoms with van der Waals surface area (Å²) in [6.07, 6.45) is 1.88. The summed E-state index contributed by atoms with van der Waals surface area (Å²) < 4.78 is 7.64. The van der Waals surface area contributed by atoms with Gasteiger partial charge in [-0.05, 0) is 37.6 Å². The van der Waals surface area contributed by atoms with Crippen LogP contribution < -0.4 is 0 Å². The molecular weight excluding hydrogens is 294 g/mol. The van der Waals surface area contributed by atoms with Crippen LogP contribution in [-0.4, -0.2) is 14.6 Å². The molecule has 0 aliphatic heterocycles. The van der Waals surface area contributed by atoms with Gasteiger partial charge >= 0.3 is 0 Å². The van der Waals surface area contributed by atoms with E-state index in [0.29, 0.717) is 0 Å². The van der Waals surface area contributed by atoms with Crippen LogP contribution in [0.3, 0.4) is 0 Å². The van der Waals surface area contributed by atoms with Crippen molar-refractivity contribution in [2.45, 2.75) is 13.8 Å². The molecule has 3 aromatic heterocycles. The van der Waals surface area contributed by atoms with Crippen LogP contribution in [0, 0.1) is 13.8 Å². The van der Waals surface area contributed by atoms with Crippen LogP contribution in [-0.2, 0) is 0 Å². The highest BCUT2D eigenvalue weighted by molar-refractivity contribution is 7.16. The van der Waals surface area contributed by atoms with Crippen molar-refractivity contribution in [2.75, 3.05) is 0 Å². The number of fused-ring (bicyclic) bond motifs is 2. The summed E-state index contributed by atoms with van der Waals surface area (Å²) in [4.78, 5) is 5.40. The van der Waals surface area contributed by atoms with Gasteiger partial charge in [0.15, 0.2) is 5.76 Å². The highest BCUT2D eigenvalue weighted by atomic mass is 35.5. The third-order valence-electron chi connectivity index (χ3n) is 3.19. The number of imidazole rings is 1. The largest absolute Gasteiger partial charge is 0.454 e. The molecule has 4 rings (SSSR count). The molecule has 4 aromatic rings. The molecule has 6 heteroatoms. The van der Waals surface area contributed by atoms with Gasteiger partial charge in [0.2, 0.25) is 4.96 Å². The summed E-state index contributed by atoms with van der Waals surface area (Å²) >= 11 is 7.69. The third kappa shape index (κ3) is 1.74. The van der Waals surface area contributed by atoms with Gasteiger partial charge in [0.25, 0.3) is 0 Å². The van der Waals surface area contributed by atoms with Gasteiger partial charge in [0.1, 0.15) is 16.3 Å². The van der Waals surface area contributed by atoms with Crippen LogP contribution in [0.25, 0.3) is 27.4 Å². The molecule has 20 heavy (non-hydrogen) atoms. The van der Waals surface area contributed by atoms with E-state index >= 15 is 0 Å². The van der Waals surface area contributed by atoms with E-state index in [-0.39, 0.29) is 0 Å². The van der Waals surface area contributed by atoms with Gasteiger partial charge in [0, 0.05) is 10.4 Å². The van der Waals surface area contributed by atoms with E-state index in [2.05, 4.69) is 10.1 Å². The third-order valence-corrected chi connectivity index (χ3v) is 4.44. The van der Waals surface area contributed by atoms with Gasteiger partial charge < -0.3 is 4.42 Å². The number of rotatable bonds is 1. The van der Waals surface area contributed by atoms with Crippen LogP contribution in [0.2, 0.25) is 5.02 Å². The lowest BCUT2D eigenvalue weighted by Gasteiger charge is -1.95. The lowest BCUT2D eigenvalue weighted by Crippen LogP contribution is -1.79. The summed E-state index contributed by atoms with van der Waals surface area (Å²) in [5.74, 6) is 0.733. The molecule has 0 radical (unpaired) electrons. The number of nitrogens with zero attached hydrogens (tertiary/aromatic N) is 3. The summed E-state index contributed by atoms with van der Waals surface area (Å²) in [5, 5.41) is 7.07. The van der Waals surface area contributed by atoms with Crippen LogP contribution in [0.5, 0.6) is 0 Å². The number of hydrogen-bond acceptors (Lipinski definition) is 4. The van der Waals surface area contributed by atoms with Crippen LogP contribution in [0.15, 0.2) is 28.8 Å². The fourth-order valence-corrected chi connectivity index (χ4v) is 3.10. The molecule has 0 aliphatic rings. The Bertz CT molecular complexity index is 880. The number of benzene rings is 1. The van der Waals surface area contributed by atoms with Crippen molar-refractivity contribution in [1.82, 2.24) is 14.6 Å². The number of hydrogen-bond donors (Lipinski definition) is 0. The van der Waals surface area contributed by atoms with E-state index in [9.17, 15) is 0 Å². The summed E-state index contributed by atoms with van der Waals surface area (Å²) in [6.45, 7) is 3.92. The van der Waals surface area contributed by atoms with Gasteiger partial charge in [-0.2, -0.15) is 5.10 Å². The molecule has 0 bridgehead atoms. The van der Waals surface area contributed by atoms with Crippen molar-refractivity contribution < 1.29 is 4.42 Å². The molecule has 1 aromatic carbocycles. The molecular formula is C14H10ClN3OS. The summed E-state index contributed by atoms with van der Waals surface area (Å²) in [5.41, 5.74) is 2.61. The number of halogens is 1. The number of aromatic nitrogens is 3. The molecule has 0 N–H and O–H groups in total. The van der Waals surface area contributed by atoms with E-state index in [1.165, 1.54) is 0 Å². The Balaban J connectivity index is 1.90. The van der Waals surface area contributed by atoms with Crippen LogP contribution in [0.4, 0.5) is 0 Å². The zero-order chi connectivity index (χ0) is 13.9. The Morgan fingerprint density at radius 1 is 1.25 bits per heavy atom. The van der Waals surface area contributed by atoms with Crippen molar-refractivity contribution in [2.24, 2.45) is 0 Å². The average molecular weight is 304 g/mol. The van der Waals surface area contributed by atoms with Crippen molar-refractivity contribution in [1.29, 1.82) is 0 Å². The SMILES string of the molecule is Cc1nn2cc(-c3cc4cc(Cl)c(C)cc4o3)nc2s1. The first-order valence-corrected chi connectivity index (χ1v) is 7.32. The molecule has 3 heterocycles. The first-order valence-electron chi connectivity index (χ1n) is 6.13. The smallest absolute Gasteiger partial charge is 0.212 e. The first-order chi connectivity index (χ1) is 9.60. The molecule has 0 saturated carbocycles. The Labute approximate surface area is 123 Å². The lowest BCUT2D eigenvalue weighted by molar-refractivity contribution is 0.629. The fraction of sp³-hybridized carbons (Fsp3) is 0.143.